The highest BCUT2D eigenvalue weighted by atomic mass is 79.9. The third-order valence-electron chi connectivity index (χ3n) is 2.78. The number of ether oxygens (including phenoxy) is 1. The quantitative estimate of drug-likeness (QED) is 0.803. The van der Waals surface area contributed by atoms with Crippen molar-refractivity contribution in [2.75, 3.05) is 24.6 Å². The predicted octanol–water partition coefficient (Wildman–Crippen LogP) is 2.90. The van der Waals surface area contributed by atoms with Crippen molar-refractivity contribution in [3.8, 4) is 0 Å². The van der Waals surface area contributed by atoms with E-state index in [1.807, 2.05) is 6.92 Å². The number of hydrogen-bond donors (Lipinski definition) is 0. The Morgan fingerprint density at radius 1 is 1.65 bits per heavy atom. The van der Waals surface area contributed by atoms with Crippen molar-refractivity contribution in [3.05, 3.63) is 16.0 Å². The molecule has 6 heteroatoms. The Balaban J connectivity index is 2.13. The summed E-state index contributed by atoms with van der Waals surface area (Å²) < 4.78 is 6.55. The van der Waals surface area contributed by atoms with Crippen molar-refractivity contribution >= 4 is 33.3 Å². The molecule has 0 saturated carbocycles. The van der Waals surface area contributed by atoms with Gasteiger partial charge >= 0.3 is 0 Å². The largest absolute Gasteiger partial charge is 0.377 e. The normalized spacial score (nSPS) is 20.6. The van der Waals surface area contributed by atoms with Gasteiger partial charge in [-0.2, -0.15) is 4.98 Å². The summed E-state index contributed by atoms with van der Waals surface area (Å²) in [6.45, 7) is 4.62. The molecule has 0 aromatic carbocycles. The Morgan fingerprint density at radius 3 is 3.24 bits per heavy atom. The fraction of sp³-hybridized carbons (Fsp3) is 0.636. The summed E-state index contributed by atoms with van der Waals surface area (Å²) in [7, 11) is 0. The maximum atomic E-state index is 5.83. The van der Waals surface area contributed by atoms with Gasteiger partial charge in [0.05, 0.1) is 10.6 Å². The van der Waals surface area contributed by atoms with Gasteiger partial charge < -0.3 is 9.64 Å². The highest BCUT2D eigenvalue weighted by molar-refractivity contribution is 9.10. The molecule has 1 saturated heterocycles. The molecule has 0 bridgehead atoms. The van der Waals surface area contributed by atoms with Crippen molar-refractivity contribution in [1.29, 1.82) is 0 Å². The van der Waals surface area contributed by atoms with Crippen LogP contribution in [-0.2, 0) is 4.74 Å². The first kappa shape index (κ1) is 13.1. The molecule has 2 heterocycles. The van der Waals surface area contributed by atoms with Gasteiger partial charge in [0.1, 0.15) is 5.82 Å². The molecular formula is C11H15BrClN3O. The first-order valence-corrected chi connectivity index (χ1v) is 6.92. The van der Waals surface area contributed by atoms with Crippen LogP contribution >= 0.6 is 27.5 Å². The molecule has 1 fully saturated rings. The Labute approximate surface area is 114 Å². The third kappa shape index (κ3) is 3.30. The number of halogens is 2. The van der Waals surface area contributed by atoms with Gasteiger partial charge in [0.2, 0.25) is 5.28 Å². The summed E-state index contributed by atoms with van der Waals surface area (Å²) >= 11 is 9.29. The molecule has 1 aliphatic rings. The van der Waals surface area contributed by atoms with E-state index in [-0.39, 0.29) is 11.4 Å². The molecule has 0 spiro atoms. The number of aromatic nitrogens is 2. The van der Waals surface area contributed by atoms with Gasteiger partial charge in [-0.3, -0.25) is 0 Å². The lowest BCUT2D eigenvalue weighted by atomic mass is 10.1. The van der Waals surface area contributed by atoms with Gasteiger partial charge in [-0.1, -0.05) is 0 Å². The Morgan fingerprint density at radius 2 is 2.47 bits per heavy atom. The highest BCUT2D eigenvalue weighted by Crippen LogP contribution is 2.27. The molecular weight excluding hydrogens is 305 g/mol. The number of rotatable bonds is 3. The van der Waals surface area contributed by atoms with E-state index in [1.165, 1.54) is 0 Å². The summed E-state index contributed by atoms with van der Waals surface area (Å²) in [5, 5.41) is 0.279. The molecule has 1 atom stereocenters. The molecule has 0 amide bonds. The lowest BCUT2D eigenvalue weighted by Gasteiger charge is -2.33. The van der Waals surface area contributed by atoms with E-state index in [0.29, 0.717) is 0 Å². The van der Waals surface area contributed by atoms with Crippen LogP contribution in [0.2, 0.25) is 5.28 Å². The van der Waals surface area contributed by atoms with E-state index in [4.69, 9.17) is 16.3 Å². The van der Waals surface area contributed by atoms with Crippen LogP contribution in [0.1, 0.15) is 19.8 Å². The molecule has 1 aromatic rings. The average molecular weight is 321 g/mol. The second-order valence-corrected chi connectivity index (χ2v) is 5.17. The van der Waals surface area contributed by atoms with E-state index in [1.54, 1.807) is 6.20 Å². The number of hydrogen-bond acceptors (Lipinski definition) is 4. The second-order valence-electron chi connectivity index (χ2n) is 3.98. The molecule has 0 aliphatic carbocycles. The zero-order valence-electron chi connectivity index (χ0n) is 9.70. The summed E-state index contributed by atoms with van der Waals surface area (Å²) in [6, 6.07) is 0. The molecule has 94 valence electrons. The van der Waals surface area contributed by atoms with Crippen LogP contribution < -0.4 is 4.90 Å². The standard InChI is InChI=1S/C11H15BrClN3O/c1-2-17-8-4-3-5-16(7-8)10-9(12)6-14-11(13)15-10/h6,8H,2-5,7H2,1H3. The predicted molar refractivity (Wildman–Crippen MR) is 71.6 cm³/mol. The fourth-order valence-corrected chi connectivity index (χ4v) is 2.63. The summed E-state index contributed by atoms with van der Waals surface area (Å²) in [4.78, 5) is 10.4. The summed E-state index contributed by atoms with van der Waals surface area (Å²) in [5.41, 5.74) is 0. The molecule has 2 rings (SSSR count). The van der Waals surface area contributed by atoms with Gasteiger partial charge in [-0.05, 0) is 47.3 Å². The number of piperidine rings is 1. The Kier molecular flexibility index (Phi) is 4.59. The molecule has 1 unspecified atom stereocenters. The zero-order valence-corrected chi connectivity index (χ0v) is 12.0. The van der Waals surface area contributed by atoms with Gasteiger partial charge in [-0.25, -0.2) is 4.98 Å². The molecule has 1 aromatic heterocycles. The van der Waals surface area contributed by atoms with E-state index in [0.717, 1.165) is 42.8 Å². The molecule has 4 nitrogen and oxygen atoms in total. The van der Waals surface area contributed by atoms with E-state index < -0.39 is 0 Å². The van der Waals surface area contributed by atoms with Gasteiger partial charge in [0.25, 0.3) is 0 Å². The van der Waals surface area contributed by atoms with Crippen LogP contribution in [0.3, 0.4) is 0 Å². The lowest BCUT2D eigenvalue weighted by Crippen LogP contribution is -2.40. The average Bonchev–Trinajstić information content (AvgIpc) is 2.33. The van der Waals surface area contributed by atoms with Crippen molar-refractivity contribution in [2.24, 2.45) is 0 Å². The van der Waals surface area contributed by atoms with Crippen molar-refractivity contribution in [1.82, 2.24) is 9.97 Å². The monoisotopic (exact) mass is 319 g/mol. The second kappa shape index (κ2) is 5.98. The van der Waals surface area contributed by atoms with E-state index in [9.17, 15) is 0 Å². The number of anilines is 1. The van der Waals surface area contributed by atoms with Gasteiger partial charge in [-0.15, -0.1) is 0 Å². The minimum absolute atomic E-state index is 0.279. The number of nitrogens with zero attached hydrogens (tertiary/aromatic N) is 3. The Hall–Kier alpha value is -0.390. The molecule has 1 aliphatic heterocycles. The Bertz CT molecular complexity index is 389. The van der Waals surface area contributed by atoms with Crippen molar-refractivity contribution in [2.45, 2.75) is 25.9 Å². The lowest BCUT2D eigenvalue weighted by molar-refractivity contribution is 0.0525. The van der Waals surface area contributed by atoms with Crippen LogP contribution in [0.4, 0.5) is 5.82 Å². The third-order valence-corrected chi connectivity index (χ3v) is 3.52. The van der Waals surface area contributed by atoms with Crippen LogP contribution in [0.15, 0.2) is 10.7 Å². The first-order chi connectivity index (χ1) is 8.20. The van der Waals surface area contributed by atoms with E-state index >= 15 is 0 Å². The maximum absolute atomic E-state index is 5.83. The minimum Gasteiger partial charge on any atom is -0.377 e. The van der Waals surface area contributed by atoms with Crippen LogP contribution in [0.5, 0.6) is 0 Å². The van der Waals surface area contributed by atoms with Crippen molar-refractivity contribution in [3.63, 3.8) is 0 Å². The highest BCUT2D eigenvalue weighted by Gasteiger charge is 2.22. The summed E-state index contributed by atoms with van der Waals surface area (Å²) in [5.74, 6) is 0.856. The maximum Gasteiger partial charge on any atom is 0.224 e. The fourth-order valence-electron chi connectivity index (χ4n) is 2.06. The van der Waals surface area contributed by atoms with Gasteiger partial charge in [0, 0.05) is 25.9 Å². The minimum atomic E-state index is 0.279. The molecule has 0 radical (unpaired) electrons. The van der Waals surface area contributed by atoms with Crippen LogP contribution in [-0.4, -0.2) is 35.8 Å². The van der Waals surface area contributed by atoms with Crippen LogP contribution in [0, 0.1) is 0 Å². The topological polar surface area (TPSA) is 38.2 Å². The SMILES string of the molecule is CCOC1CCCN(c2nc(Cl)ncc2Br)C1. The smallest absolute Gasteiger partial charge is 0.224 e. The summed E-state index contributed by atoms with van der Waals surface area (Å²) in [6.07, 6.45) is 4.20. The zero-order chi connectivity index (χ0) is 12.3. The molecule has 0 N–H and O–H groups in total. The molecule has 17 heavy (non-hydrogen) atoms. The van der Waals surface area contributed by atoms with Crippen molar-refractivity contribution < 1.29 is 4.74 Å². The van der Waals surface area contributed by atoms with Gasteiger partial charge in [0.15, 0.2) is 0 Å². The van der Waals surface area contributed by atoms with Crippen LogP contribution in [0.25, 0.3) is 0 Å². The van der Waals surface area contributed by atoms with E-state index in [2.05, 4.69) is 30.8 Å². The first-order valence-electron chi connectivity index (χ1n) is 5.75.